The molecule has 0 bridgehead atoms. The second-order valence-electron chi connectivity index (χ2n) is 5.80. The maximum Gasteiger partial charge on any atom is 0.315 e. The summed E-state index contributed by atoms with van der Waals surface area (Å²) >= 11 is 0. The maximum absolute atomic E-state index is 5.92. The Morgan fingerprint density at radius 1 is 1.29 bits per heavy atom. The Morgan fingerprint density at radius 3 is 2.67 bits per heavy atom. The van der Waals surface area contributed by atoms with Crippen LogP contribution in [0.5, 0.6) is 5.75 Å². The lowest BCUT2D eigenvalue weighted by atomic mass is 10.1. The summed E-state index contributed by atoms with van der Waals surface area (Å²) in [5, 5.41) is 11.3. The minimum absolute atomic E-state index is 0.0940. The van der Waals surface area contributed by atoms with E-state index in [0.717, 1.165) is 35.6 Å². The molecule has 21 heavy (non-hydrogen) atoms. The molecule has 1 aromatic carbocycles. The van der Waals surface area contributed by atoms with Gasteiger partial charge in [-0.2, -0.15) is 0 Å². The molecule has 1 N–H and O–H groups in total. The highest BCUT2D eigenvalue weighted by Gasteiger charge is 2.29. The van der Waals surface area contributed by atoms with Gasteiger partial charge in [-0.25, -0.2) is 0 Å². The molecule has 2 aromatic rings. The van der Waals surface area contributed by atoms with Crippen molar-refractivity contribution in [2.75, 3.05) is 11.9 Å². The van der Waals surface area contributed by atoms with Crippen molar-refractivity contribution >= 4 is 6.01 Å². The van der Waals surface area contributed by atoms with Crippen molar-refractivity contribution in [3.8, 4) is 5.75 Å². The van der Waals surface area contributed by atoms with Crippen molar-refractivity contribution in [3.05, 3.63) is 35.2 Å². The van der Waals surface area contributed by atoms with E-state index in [1.807, 2.05) is 13.0 Å². The zero-order chi connectivity index (χ0) is 14.8. The minimum Gasteiger partial charge on any atom is -0.491 e. The van der Waals surface area contributed by atoms with Crippen molar-refractivity contribution in [1.29, 1.82) is 0 Å². The molecule has 0 spiro atoms. The highest BCUT2D eigenvalue weighted by Crippen LogP contribution is 2.39. The van der Waals surface area contributed by atoms with Gasteiger partial charge in [-0.05, 0) is 44.7 Å². The van der Waals surface area contributed by atoms with Crippen LogP contribution in [0.4, 0.5) is 6.01 Å². The van der Waals surface area contributed by atoms with Crippen molar-refractivity contribution in [1.82, 2.24) is 10.2 Å². The van der Waals surface area contributed by atoms with E-state index in [1.54, 1.807) is 0 Å². The van der Waals surface area contributed by atoms with E-state index in [0.29, 0.717) is 18.5 Å². The van der Waals surface area contributed by atoms with Gasteiger partial charge in [0, 0.05) is 5.92 Å². The summed E-state index contributed by atoms with van der Waals surface area (Å²) < 4.78 is 11.5. The first-order chi connectivity index (χ1) is 10.1. The summed E-state index contributed by atoms with van der Waals surface area (Å²) in [6.07, 6.45) is 2.32. The lowest BCUT2D eigenvalue weighted by molar-refractivity contribution is 0.297. The molecule has 1 fully saturated rings. The van der Waals surface area contributed by atoms with E-state index >= 15 is 0 Å². The molecule has 3 rings (SSSR count). The van der Waals surface area contributed by atoms with E-state index in [9.17, 15) is 0 Å². The number of nitrogens with zero attached hydrogens (tertiary/aromatic N) is 2. The summed E-state index contributed by atoms with van der Waals surface area (Å²) in [5.41, 5.74) is 2.30. The molecule has 112 valence electrons. The molecule has 1 heterocycles. The van der Waals surface area contributed by atoms with Gasteiger partial charge in [0.25, 0.3) is 0 Å². The number of para-hydroxylation sites is 1. The lowest BCUT2D eigenvalue weighted by Crippen LogP contribution is -2.24. The van der Waals surface area contributed by atoms with Gasteiger partial charge in [-0.15, -0.1) is 5.10 Å². The van der Waals surface area contributed by atoms with Crippen LogP contribution in [0.3, 0.4) is 0 Å². The average molecular weight is 287 g/mol. The van der Waals surface area contributed by atoms with Crippen LogP contribution >= 0.6 is 0 Å². The summed E-state index contributed by atoms with van der Waals surface area (Å²) in [5.74, 6) is 2.19. The molecule has 0 amide bonds. The third kappa shape index (κ3) is 3.35. The van der Waals surface area contributed by atoms with Gasteiger partial charge in [0.1, 0.15) is 12.4 Å². The van der Waals surface area contributed by atoms with Crippen LogP contribution in [0.2, 0.25) is 0 Å². The predicted octanol–water partition coefficient (Wildman–Crippen LogP) is 3.44. The average Bonchev–Trinajstić information content (AvgIpc) is 3.19. The first-order valence-electron chi connectivity index (χ1n) is 7.42. The van der Waals surface area contributed by atoms with Crippen molar-refractivity contribution in [2.24, 2.45) is 0 Å². The molecule has 1 aliphatic carbocycles. The number of aryl methyl sites for hydroxylation is 2. The summed E-state index contributed by atoms with van der Waals surface area (Å²) in [4.78, 5) is 0. The number of benzene rings is 1. The second kappa shape index (κ2) is 5.76. The van der Waals surface area contributed by atoms with Crippen LogP contribution in [0.15, 0.2) is 22.6 Å². The van der Waals surface area contributed by atoms with Gasteiger partial charge in [-0.3, -0.25) is 0 Å². The van der Waals surface area contributed by atoms with E-state index < -0.39 is 0 Å². The zero-order valence-electron chi connectivity index (χ0n) is 12.7. The monoisotopic (exact) mass is 287 g/mol. The van der Waals surface area contributed by atoms with Gasteiger partial charge < -0.3 is 14.5 Å². The highest BCUT2D eigenvalue weighted by molar-refractivity contribution is 5.39. The number of hydrogen-bond donors (Lipinski definition) is 1. The van der Waals surface area contributed by atoms with Gasteiger partial charge >= 0.3 is 6.01 Å². The fourth-order valence-electron chi connectivity index (χ4n) is 2.28. The molecule has 1 unspecified atom stereocenters. The molecule has 1 atom stereocenters. The Bertz CT molecular complexity index is 599. The standard InChI is InChI=1S/C16H21N3O2/c1-10-5-4-6-11(2)14(10)20-9-12(3)17-16-19-18-15(21-16)13-7-8-13/h4-6,12-13H,7-9H2,1-3H3,(H,17,19). The van der Waals surface area contributed by atoms with Crippen LogP contribution in [-0.2, 0) is 0 Å². The molecular formula is C16H21N3O2. The molecular weight excluding hydrogens is 266 g/mol. The normalized spacial score (nSPS) is 15.8. The molecule has 1 aromatic heterocycles. The molecule has 5 heteroatoms. The molecule has 0 aliphatic heterocycles. The Labute approximate surface area is 124 Å². The fraction of sp³-hybridized carbons (Fsp3) is 0.500. The van der Waals surface area contributed by atoms with E-state index in [-0.39, 0.29) is 6.04 Å². The smallest absolute Gasteiger partial charge is 0.315 e. The highest BCUT2D eigenvalue weighted by atomic mass is 16.5. The van der Waals surface area contributed by atoms with E-state index in [2.05, 4.69) is 41.5 Å². The van der Waals surface area contributed by atoms with E-state index in [1.165, 1.54) is 0 Å². The van der Waals surface area contributed by atoms with Crippen LogP contribution in [-0.4, -0.2) is 22.8 Å². The Morgan fingerprint density at radius 2 is 2.00 bits per heavy atom. The molecule has 0 saturated heterocycles. The maximum atomic E-state index is 5.92. The van der Waals surface area contributed by atoms with Crippen molar-refractivity contribution < 1.29 is 9.15 Å². The first-order valence-corrected chi connectivity index (χ1v) is 7.42. The van der Waals surface area contributed by atoms with Gasteiger partial charge in [0.2, 0.25) is 5.89 Å². The topological polar surface area (TPSA) is 60.2 Å². The number of ether oxygens (including phenoxy) is 1. The predicted molar refractivity (Wildman–Crippen MR) is 80.8 cm³/mol. The molecule has 0 radical (unpaired) electrons. The Kier molecular flexibility index (Phi) is 3.82. The lowest BCUT2D eigenvalue weighted by Gasteiger charge is -2.16. The zero-order valence-corrected chi connectivity index (χ0v) is 12.7. The second-order valence-corrected chi connectivity index (χ2v) is 5.80. The van der Waals surface area contributed by atoms with Crippen LogP contribution in [0.1, 0.15) is 42.7 Å². The third-order valence-corrected chi connectivity index (χ3v) is 3.62. The van der Waals surface area contributed by atoms with Crippen LogP contribution in [0, 0.1) is 13.8 Å². The summed E-state index contributed by atoms with van der Waals surface area (Å²) in [7, 11) is 0. The van der Waals surface area contributed by atoms with Crippen LogP contribution < -0.4 is 10.1 Å². The SMILES string of the molecule is Cc1cccc(C)c1OCC(C)Nc1nnc(C2CC2)o1. The fourth-order valence-corrected chi connectivity index (χ4v) is 2.28. The largest absolute Gasteiger partial charge is 0.491 e. The van der Waals surface area contributed by atoms with Gasteiger partial charge in [0.05, 0.1) is 6.04 Å². The minimum atomic E-state index is 0.0940. The van der Waals surface area contributed by atoms with Crippen molar-refractivity contribution in [2.45, 2.75) is 45.6 Å². The number of nitrogens with one attached hydrogen (secondary N) is 1. The summed E-state index contributed by atoms with van der Waals surface area (Å²) in [6, 6.07) is 6.73. The first kappa shape index (κ1) is 13.9. The third-order valence-electron chi connectivity index (χ3n) is 3.62. The number of hydrogen-bond acceptors (Lipinski definition) is 5. The molecule has 5 nitrogen and oxygen atoms in total. The number of anilines is 1. The Hall–Kier alpha value is -2.04. The van der Waals surface area contributed by atoms with Gasteiger partial charge in [0.15, 0.2) is 0 Å². The number of rotatable bonds is 6. The quantitative estimate of drug-likeness (QED) is 0.881. The molecule has 1 saturated carbocycles. The van der Waals surface area contributed by atoms with E-state index in [4.69, 9.17) is 9.15 Å². The van der Waals surface area contributed by atoms with Gasteiger partial charge in [-0.1, -0.05) is 23.3 Å². The number of aromatic nitrogens is 2. The summed E-state index contributed by atoms with van der Waals surface area (Å²) in [6.45, 7) is 6.70. The van der Waals surface area contributed by atoms with Crippen molar-refractivity contribution in [3.63, 3.8) is 0 Å². The molecule has 1 aliphatic rings. The Balaban J connectivity index is 1.54. The van der Waals surface area contributed by atoms with Crippen LogP contribution in [0.25, 0.3) is 0 Å².